The van der Waals surface area contributed by atoms with E-state index in [9.17, 15) is 14.4 Å². The van der Waals surface area contributed by atoms with Crippen molar-refractivity contribution in [2.24, 2.45) is 0 Å². The Morgan fingerprint density at radius 2 is 1.49 bits per heavy atom. The molecule has 0 unspecified atom stereocenters. The maximum absolute atomic E-state index is 13.0. The van der Waals surface area contributed by atoms with E-state index in [-0.39, 0.29) is 48.2 Å². The summed E-state index contributed by atoms with van der Waals surface area (Å²) >= 11 is 6.96. The number of rotatable bonds is 27. The molecule has 278 valence electrons. The minimum atomic E-state index is -0.818. The lowest BCUT2D eigenvalue weighted by Crippen LogP contribution is -2.48. The number of unbranched alkanes of at least 4 members (excludes halogenated alkanes) is 3. The molecule has 0 saturated heterocycles. The Morgan fingerprint density at radius 3 is 2.10 bits per heavy atom. The molecule has 15 nitrogen and oxygen atoms in total. The maximum atomic E-state index is 13.0. The van der Waals surface area contributed by atoms with Crippen LogP contribution in [-0.4, -0.2) is 122 Å². The Kier molecular flexibility index (Phi) is 20.6. The minimum absolute atomic E-state index is 0.0270. The summed E-state index contributed by atoms with van der Waals surface area (Å²) in [4.78, 5) is 48.9. The first-order chi connectivity index (χ1) is 23.9. The number of amides is 2. The number of nitrogens with two attached hydrogens (primary N) is 1. The van der Waals surface area contributed by atoms with Crippen LogP contribution in [0.15, 0.2) is 9.95 Å². The van der Waals surface area contributed by atoms with Crippen molar-refractivity contribution in [3.8, 4) is 0 Å². The first kappa shape index (κ1) is 41.0. The SMILES string of the molecule is CC(=O)N[C@@H](CSc1nc2c(=O)[nH]c(N)nc2n1C1CCCCC1)C(=O)NCCOCCOCCOCCOCCOCCCCCCCl. The number of hydrogen-bond donors (Lipinski definition) is 4. The van der Waals surface area contributed by atoms with Gasteiger partial charge in [0.15, 0.2) is 16.3 Å². The Bertz CT molecular complexity index is 1290. The average Bonchev–Trinajstić information content (AvgIpc) is 3.46. The summed E-state index contributed by atoms with van der Waals surface area (Å²) in [7, 11) is 0. The molecule has 1 aliphatic carbocycles. The third kappa shape index (κ3) is 16.0. The number of carbonyl (C=O) groups is 2. The number of imidazole rings is 1. The van der Waals surface area contributed by atoms with Gasteiger partial charge in [-0.25, -0.2) is 4.98 Å². The largest absolute Gasteiger partial charge is 0.379 e. The second kappa shape index (κ2) is 24.6. The fraction of sp³-hybridized carbons (Fsp3) is 0.781. The second-order valence-corrected chi connectivity index (χ2v) is 13.1. The number of nitrogen functional groups attached to an aromatic ring is 1. The van der Waals surface area contributed by atoms with Crippen LogP contribution in [0, 0.1) is 0 Å². The molecule has 49 heavy (non-hydrogen) atoms. The minimum Gasteiger partial charge on any atom is -0.379 e. The first-order valence-corrected chi connectivity index (χ1v) is 18.8. The van der Waals surface area contributed by atoms with Crippen molar-refractivity contribution in [2.75, 3.05) is 90.0 Å². The average molecular weight is 732 g/mol. The Balaban J connectivity index is 1.26. The number of alkyl halides is 1. The predicted molar refractivity (Wildman–Crippen MR) is 189 cm³/mol. The van der Waals surface area contributed by atoms with Gasteiger partial charge in [-0.3, -0.25) is 19.4 Å². The number of halogens is 1. The number of thioether (sulfide) groups is 1. The van der Waals surface area contributed by atoms with Crippen LogP contribution in [-0.2, 0) is 33.3 Å². The molecule has 2 heterocycles. The van der Waals surface area contributed by atoms with E-state index in [0.717, 1.165) is 70.3 Å². The molecule has 1 atom stereocenters. The zero-order valence-corrected chi connectivity index (χ0v) is 30.3. The number of hydrogen-bond acceptors (Lipinski definition) is 12. The lowest BCUT2D eigenvalue weighted by Gasteiger charge is -2.25. The molecule has 5 N–H and O–H groups in total. The first-order valence-electron chi connectivity index (χ1n) is 17.3. The van der Waals surface area contributed by atoms with Gasteiger partial charge in [-0.1, -0.05) is 43.9 Å². The van der Waals surface area contributed by atoms with E-state index in [1.165, 1.54) is 18.7 Å². The summed E-state index contributed by atoms with van der Waals surface area (Å²) in [6.07, 6.45) is 9.57. The monoisotopic (exact) mass is 731 g/mol. The summed E-state index contributed by atoms with van der Waals surface area (Å²) in [5, 5.41) is 6.10. The van der Waals surface area contributed by atoms with Crippen LogP contribution in [0.4, 0.5) is 5.95 Å². The van der Waals surface area contributed by atoms with Crippen LogP contribution in [0.25, 0.3) is 11.2 Å². The van der Waals surface area contributed by atoms with E-state index in [1.54, 1.807) is 0 Å². The van der Waals surface area contributed by atoms with Crippen molar-refractivity contribution in [1.82, 2.24) is 30.2 Å². The van der Waals surface area contributed by atoms with Crippen LogP contribution < -0.4 is 21.9 Å². The molecule has 2 amide bonds. The highest BCUT2D eigenvalue weighted by Crippen LogP contribution is 2.34. The van der Waals surface area contributed by atoms with Gasteiger partial charge in [-0.2, -0.15) is 4.98 Å². The van der Waals surface area contributed by atoms with Gasteiger partial charge in [-0.15, -0.1) is 11.6 Å². The van der Waals surface area contributed by atoms with Crippen LogP contribution in [0.2, 0.25) is 0 Å². The molecule has 0 aromatic carbocycles. The van der Waals surface area contributed by atoms with Crippen LogP contribution >= 0.6 is 23.4 Å². The highest BCUT2D eigenvalue weighted by Gasteiger charge is 2.26. The zero-order chi connectivity index (χ0) is 35.1. The summed E-state index contributed by atoms with van der Waals surface area (Å²) in [6, 6.07) is -0.694. The molecule has 2 aromatic heterocycles. The number of H-pyrrole nitrogens is 1. The number of ether oxygens (including phenoxy) is 5. The lowest BCUT2D eigenvalue weighted by atomic mass is 9.95. The number of aromatic nitrogens is 4. The summed E-state index contributed by atoms with van der Waals surface area (Å²) in [6.45, 7) is 6.46. The van der Waals surface area contributed by atoms with Crippen molar-refractivity contribution >= 4 is 52.3 Å². The molecule has 17 heteroatoms. The Hall–Kier alpha value is -2.47. The maximum Gasteiger partial charge on any atom is 0.280 e. The van der Waals surface area contributed by atoms with E-state index in [1.807, 2.05) is 4.57 Å². The summed E-state index contributed by atoms with van der Waals surface area (Å²) in [5.74, 6) is 0.289. The Labute approximate surface area is 297 Å². The van der Waals surface area contributed by atoms with E-state index in [4.69, 9.17) is 41.0 Å². The molecule has 1 aliphatic rings. The Morgan fingerprint density at radius 1 is 0.898 bits per heavy atom. The predicted octanol–water partition coefficient (Wildman–Crippen LogP) is 2.80. The third-order valence-electron chi connectivity index (χ3n) is 7.76. The topological polar surface area (TPSA) is 194 Å². The van der Waals surface area contributed by atoms with Gasteiger partial charge >= 0.3 is 0 Å². The van der Waals surface area contributed by atoms with Gasteiger partial charge in [0, 0.05) is 37.8 Å². The molecule has 1 fully saturated rings. The number of anilines is 1. The molecule has 1 saturated carbocycles. The number of nitrogens with one attached hydrogen (secondary N) is 3. The highest BCUT2D eigenvalue weighted by molar-refractivity contribution is 7.99. The zero-order valence-electron chi connectivity index (χ0n) is 28.7. The van der Waals surface area contributed by atoms with Gasteiger partial charge in [0.25, 0.3) is 5.56 Å². The summed E-state index contributed by atoms with van der Waals surface area (Å²) < 4.78 is 29.6. The molecule has 0 spiro atoms. The normalized spacial score (nSPS) is 14.3. The second-order valence-electron chi connectivity index (χ2n) is 11.7. The van der Waals surface area contributed by atoms with E-state index in [0.29, 0.717) is 63.7 Å². The standard InChI is InChI=1S/C32H54ClN7O8S/c1-24(41)36-26(23-49-32-37-27-28(38-31(34)39-30(27)43)40(32)25-9-5-4-6-10-25)29(42)35-12-14-45-16-18-47-20-22-48-21-19-46-17-15-44-13-8-3-2-7-11-33/h25-26H,2-23H2,1H3,(H,35,42)(H,36,41)(H3,34,38,39,43)/t26-/m0/s1. The fourth-order valence-corrected chi connectivity index (χ4v) is 6.61. The van der Waals surface area contributed by atoms with Gasteiger partial charge < -0.3 is 44.6 Å². The quantitative estimate of drug-likeness (QED) is 0.0597. The van der Waals surface area contributed by atoms with Crippen LogP contribution in [0.1, 0.15) is 70.8 Å². The van der Waals surface area contributed by atoms with Crippen molar-refractivity contribution in [2.45, 2.75) is 82.0 Å². The van der Waals surface area contributed by atoms with Gasteiger partial charge in [0.1, 0.15) is 6.04 Å². The fourth-order valence-electron chi connectivity index (χ4n) is 5.34. The van der Waals surface area contributed by atoms with Crippen LogP contribution in [0.5, 0.6) is 0 Å². The number of carbonyl (C=O) groups excluding carboxylic acids is 2. The number of aromatic amines is 1. The van der Waals surface area contributed by atoms with Gasteiger partial charge in [0.2, 0.25) is 17.8 Å². The molecule has 0 aliphatic heterocycles. The molecule has 0 radical (unpaired) electrons. The molecule has 0 bridgehead atoms. The van der Waals surface area contributed by atoms with E-state index >= 15 is 0 Å². The highest BCUT2D eigenvalue weighted by atomic mass is 35.5. The molecule has 3 rings (SSSR count). The summed E-state index contributed by atoms with van der Waals surface area (Å²) in [5.41, 5.74) is 6.08. The van der Waals surface area contributed by atoms with Crippen molar-refractivity contribution in [1.29, 1.82) is 0 Å². The number of fused-ring (bicyclic) bond motifs is 1. The van der Waals surface area contributed by atoms with E-state index < -0.39 is 11.6 Å². The molecular formula is C32H54ClN7O8S. The van der Waals surface area contributed by atoms with Crippen LogP contribution in [0.3, 0.4) is 0 Å². The third-order valence-corrected chi connectivity index (χ3v) is 9.07. The molecule has 2 aromatic rings. The van der Waals surface area contributed by atoms with Crippen molar-refractivity contribution < 1.29 is 33.3 Å². The van der Waals surface area contributed by atoms with Gasteiger partial charge in [-0.05, 0) is 25.7 Å². The van der Waals surface area contributed by atoms with Gasteiger partial charge in [0.05, 0.1) is 59.5 Å². The molecular weight excluding hydrogens is 678 g/mol. The van der Waals surface area contributed by atoms with Crippen molar-refractivity contribution in [3.63, 3.8) is 0 Å². The smallest absolute Gasteiger partial charge is 0.280 e. The van der Waals surface area contributed by atoms with E-state index in [2.05, 4.69) is 25.6 Å². The van der Waals surface area contributed by atoms with Crippen molar-refractivity contribution in [3.05, 3.63) is 10.4 Å². The number of nitrogens with zero attached hydrogens (tertiary/aromatic N) is 3. The lowest BCUT2D eigenvalue weighted by molar-refractivity contribution is -0.127.